The molecule has 0 aromatic carbocycles. The lowest BCUT2D eigenvalue weighted by Crippen LogP contribution is -2.22. The van der Waals surface area contributed by atoms with E-state index in [9.17, 15) is 9.90 Å². The van der Waals surface area contributed by atoms with E-state index in [1.807, 2.05) is 36.0 Å². The molecular formula is C22H25N5O3S. The van der Waals surface area contributed by atoms with Crippen molar-refractivity contribution in [2.75, 3.05) is 11.9 Å². The van der Waals surface area contributed by atoms with E-state index < -0.39 is 0 Å². The van der Waals surface area contributed by atoms with E-state index in [1.54, 1.807) is 6.20 Å². The summed E-state index contributed by atoms with van der Waals surface area (Å²) < 4.78 is 7.99. The first-order chi connectivity index (χ1) is 15.0. The fourth-order valence-corrected chi connectivity index (χ4v) is 5.33. The van der Waals surface area contributed by atoms with E-state index in [4.69, 9.17) is 4.74 Å². The lowest BCUT2D eigenvalue weighted by molar-refractivity contribution is 0.0424. The van der Waals surface area contributed by atoms with Crippen molar-refractivity contribution >= 4 is 22.9 Å². The Bertz CT molecular complexity index is 1100. The highest BCUT2D eigenvalue weighted by Crippen LogP contribution is 2.34. The number of rotatable bonds is 5. The third kappa shape index (κ3) is 3.88. The zero-order valence-electron chi connectivity index (χ0n) is 17.5. The van der Waals surface area contributed by atoms with Crippen LogP contribution in [0, 0.1) is 12.8 Å². The molecule has 31 heavy (non-hydrogen) atoms. The van der Waals surface area contributed by atoms with Crippen LogP contribution in [0.4, 0.5) is 5.82 Å². The van der Waals surface area contributed by atoms with Gasteiger partial charge >= 0.3 is 0 Å². The molecule has 162 valence electrons. The average Bonchev–Trinajstić information content (AvgIpc) is 3.46. The predicted octanol–water partition coefficient (Wildman–Crippen LogP) is 2.96. The molecule has 0 saturated heterocycles. The van der Waals surface area contributed by atoms with Gasteiger partial charge in [-0.2, -0.15) is 5.10 Å². The minimum Gasteiger partial charge on any atom is -0.393 e. The van der Waals surface area contributed by atoms with Crippen molar-refractivity contribution in [3.63, 3.8) is 0 Å². The van der Waals surface area contributed by atoms with Crippen molar-refractivity contribution in [3.8, 4) is 0 Å². The SMILES string of the molecule is Cc1cc2n(n1)CCO[C@H]2c1csc(C(=O)c2cncnc2N[C@@H]2C[C@@H](C)[C@@H](O)C2)c1. The lowest BCUT2D eigenvalue weighted by atomic mass is 10.1. The summed E-state index contributed by atoms with van der Waals surface area (Å²) >= 11 is 1.40. The molecule has 2 aliphatic rings. The number of aliphatic hydroxyl groups is 1. The number of hydrogen-bond acceptors (Lipinski definition) is 8. The van der Waals surface area contributed by atoms with Gasteiger partial charge in [0.05, 0.1) is 41.1 Å². The Balaban J connectivity index is 1.38. The van der Waals surface area contributed by atoms with Crippen LogP contribution < -0.4 is 5.32 Å². The number of nitrogens with one attached hydrogen (secondary N) is 1. The Morgan fingerprint density at radius 1 is 1.35 bits per heavy atom. The number of ether oxygens (including phenoxy) is 1. The van der Waals surface area contributed by atoms with Gasteiger partial charge in [0.15, 0.2) is 0 Å². The highest BCUT2D eigenvalue weighted by atomic mass is 32.1. The van der Waals surface area contributed by atoms with Gasteiger partial charge in [0.25, 0.3) is 0 Å². The monoisotopic (exact) mass is 439 g/mol. The molecule has 0 bridgehead atoms. The van der Waals surface area contributed by atoms with Crippen LogP contribution in [0.15, 0.2) is 30.0 Å². The van der Waals surface area contributed by atoms with Gasteiger partial charge in [0.1, 0.15) is 18.2 Å². The van der Waals surface area contributed by atoms with E-state index in [0.29, 0.717) is 29.3 Å². The van der Waals surface area contributed by atoms with Crippen molar-refractivity contribution in [2.24, 2.45) is 5.92 Å². The molecule has 3 aromatic heterocycles. The Labute approximate surface area is 184 Å². The molecule has 0 radical (unpaired) electrons. The van der Waals surface area contributed by atoms with Gasteiger partial charge in [-0.25, -0.2) is 9.97 Å². The molecule has 5 rings (SSSR count). The highest BCUT2D eigenvalue weighted by Gasteiger charge is 2.31. The van der Waals surface area contributed by atoms with E-state index in [2.05, 4.69) is 20.4 Å². The minimum absolute atomic E-state index is 0.0875. The molecule has 0 spiro atoms. The Kier molecular flexibility index (Phi) is 5.33. The van der Waals surface area contributed by atoms with Crippen molar-refractivity contribution < 1.29 is 14.6 Å². The number of thiophene rings is 1. The molecule has 9 heteroatoms. The molecule has 3 aromatic rings. The molecule has 0 unspecified atom stereocenters. The van der Waals surface area contributed by atoms with E-state index in [0.717, 1.165) is 29.9 Å². The number of fused-ring (bicyclic) bond motifs is 1. The highest BCUT2D eigenvalue weighted by molar-refractivity contribution is 7.12. The number of nitrogens with zero attached hydrogens (tertiary/aromatic N) is 4. The first-order valence-corrected chi connectivity index (χ1v) is 11.4. The summed E-state index contributed by atoms with van der Waals surface area (Å²) in [5.41, 5.74) is 3.36. The second-order valence-corrected chi connectivity index (χ2v) is 9.31. The van der Waals surface area contributed by atoms with Crippen LogP contribution in [0.1, 0.15) is 58.1 Å². The predicted molar refractivity (Wildman–Crippen MR) is 116 cm³/mol. The number of carbonyl (C=O) groups excluding carboxylic acids is 1. The van der Waals surface area contributed by atoms with Gasteiger partial charge in [-0.3, -0.25) is 9.48 Å². The van der Waals surface area contributed by atoms with Crippen LogP contribution >= 0.6 is 11.3 Å². The lowest BCUT2D eigenvalue weighted by Gasteiger charge is -2.23. The Morgan fingerprint density at radius 2 is 2.23 bits per heavy atom. The molecule has 2 N–H and O–H groups in total. The van der Waals surface area contributed by atoms with Gasteiger partial charge < -0.3 is 15.2 Å². The summed E-state index contributed by atoms with van der Waals surface area (Å²) in [6.45, 7) is 5.33. The van der Waals surface area contributed by atoms with Crippen molar-refractivity contribution in [2.45, 2.75) is 51.5 Å². The fraction of sp³-hybridized carbons (Fsp3) is 0.455. The van der Waals surface area contributed by atoms with Gasteiger partial charge in [-0.1, -0.05) is 6.92 Å². The van der Waals surface area contributed by atoms with Gasteiger partial charge in [-0.05, 0) is 48.8 Å². The van der Waals surface area contributed by atoms with Crippen LogP contribution in [-0.2, 0) is 11.3 Å². The van der Waals surface area contributed by atoms with Crippen LogP contribution in [-0.4, -0.2) is 49.4 Å². The Morgan fingerprint density at radius 3 is 3.03 bits per heavy atom. The maximum atomic E-state index is 13.3. The average molecular weight is 440 g/mol. The van der Waals surface area contributed by atoms with Crippen molar-refractivity contribution in [1.82, 2.24) is 19.7 Å². The summed E-state index contributed by atoms with van der Waals surface area (Å²) in [7, 11) is 0. The normalized spacial score (nSPS) is 25.4. The van der Waals surface area contributed by atoms with Gasteiger partial charge in [-0.15, -0.1) is 11.3 Å². The largest absolute Gasteiger partial charge is 0.393 e. The number of ketones is 1. The second kappa shape index (κ2) is 8.14. The van der Waals surface area contributed by atoms with E-state index in [-0.39, 0.29) is 30.0 Å². The number of aromatic nitrogens is 4. The van der Waals surface area contributed by atoms with Crippen LogP contribution in [0.5, 0.6) is 0 Å². The number of aliphatic hydroxyl groups excluding tert-OH is 1. The van der Waals surface area contributed by atoms with Gasteiger partial charge in [0, 0.05) is 12.2 Å². The molecule has 1 saturated carbocycles. The molecule has 4 atom stereocenters. The third-order valence-electron chi connectivity index (χ3n) is 6.07. The molecule has 4 heterocycles. The fourth-order valence-electron chi connectivity index (χ4n) is 4.45. The topological polar surface area (TPSA) is 102 Å². The standard InChI is InChI=1S/C22H25N5O3S/c1-12-5-15(8-18(12)28)25-22-16(9-23-11-24-22)20(29)19-7-14(10-31-19)21-17-6-13(2)26-27(17)3-4-30-21/h6-7,9-12,15,18,21,28H,3-5,8H2,1-2H3,(H,23,24,25)/t12-,15-,18+,21+/m1/s1. The molecule has 1 fully saturated rings. The van der Waals surface area contributed by atoms with Crippen LogP contribution in [0.2, 0.25) is 0 Å². The first kappa shape index (κ1) is 20.3. The van der Waals surface area contributed by atoms with Gasteiger partial charge in [0.2, 0.25) is 5.78 Å². The molecule has 1 aliphatic carbocycles. The summed E-state index contributed by atoms with van der Waals surface area (Å²) in [6.07, 6.45) is 3.93. The second-order valence-electron chi connectivity index (χ2n) is 8.40. The van der Waals surface area contributed by atoms with E-state index in [1.165, 1.54) is 17.7 Å². The number of carbonyl (C=O) groups is 1. The zero-order chi connectivity index (χ0) is 21.5. The maximum Gasteiger partial charge on any atom is 0.208 e. The number of hydrogen-bond donors (Lipinski definition) is 2. The number of aryl methyl sites for hydroxylation is 1. The third-order valence-corrected chi connectivity index (χ3v) is 7.02. The molecule has 0 amide bonds. The summed E-state index contributed by atoms with van der Waals surface area (Å²) in [6, 6.07) is 4.02. The maximum absolute atomic E-state index is 13.3. The summed E-state index contributed by atoms with van der Waals surface area (Å²) in [5, 5.41) is 19.9. The summed E-state index contributed by atoms with van der Waals surface area (Å²) in [5.74, 6) is 0.626. The molecule has 8 nitrogen and oxygen atoms in total. The van der Waals surface area contributed by atoms with Crippen molar-refractivity contribution in [3.05, 3.63) is 57.4 Å². The van der Waals surface area contributed by atoms with Crippen LogP contribution in [0.3, 0.4) is 0 Å². The smallest absolute Gasteiger partial charge is 0.208 e. The quantitative estimate of drug-likeness (QED) is 0.589. The summed E-state index contributed by atoms with van der Waals surface area (Å²) in [4.78, 5) is 22.3. The van der Waals surface area contributed by atoms with Crippen LogP contribution in [0.25, 0.3) is 0 Å². The number of anilines is 1. The minimum atomic E-state index is -0.328. The molecule has 1 aliphatic heterocycles. The van der Waals surface area contributed by atoms with Crippen molar-refractivity contribution in [1.29, 1.82) is 0 Å². The molecular weight excluding hydrogens is 414 g/mol. The zero-order valence-corrected chi connectivity index (χ0v) is 18.3. The van der Waals surface area contributed by atoms with E-state index >= 15 is 0 Å². The Hall–Kier alpha value is -2.62. The first-order valence-electron chi connectivity index (χ1n) is 10.5.